The van der Waals surface area contributed by atoms with Crippen LogP contribution >= 0.6 is 0 Å². The Morgan fingerprint density at radius 1 is 0.595 bits per heavy atom. The third-order valence-corrected chi connectivity index (χ3v) is 11.8. The van der Waals surface area contributed by atoms with Crippen LogP contribution in [0.15, 0.2) is 81.6 Å². The maximum Gasteiger partial charge on any atom is -1.00 e. The van der Waals surface area contributed by atoms with Crippen LogP contribution in [0.25, 0.3) is 23.3 Å². The Labute approximate surface area is 243 Å². The molecule has 37 heavy (non-hydrogen) atoms. The second kappa shape index (κ2) is 12.2. The summed E-state index contributed by atoms with van der Waals surface area (Å²) in [4.78, 5) is 0. The SMILES string of the molecule is CCCc1ccc(C2=Cc3ccccc3[CH]2[Zr+2][CH]2C(c3ccc(CCC)o3)=Cc3ccccc32)o1.[Cl-].[Cl-]. The van der Waals surface area contributed by atoms with Gasteiger partial charge >= 0.3 is 220 Å². The summed E-state index contributed by atoms with van der Waals surface area (Å²) in [7, 11) is 0. The number of rotatable bonds is 8. The summed E-state index contributed by atoms with van der Waals surface area (Å²) in [6, 6.07) is 26.6. The van der Waals surface area contributed by atoms with Crippen molar-refractivity contribution in [3.05, 3.63) is 118 Å². The van der Waals surface area contributed by atoms with Gasteiger partial charge in [0, 0.05) is 0 Å². The molecule has 5 heteroatoms. The summed E-state index contributed by atoms with van der Waals surface area (Å²) in [5.74, 6) is 4.29. The molecule has 0 aliphatic heterocycles. The summed E-state index contributed by atoms with van der Waals surface area (Å²) < 4.78 is 13.6. The first-order chi connectivity index (χ1) is 17.2. The first-order valence-electron chi connectivity index (χ1n) is 12.8. The number of halogens is 2. The molecule has 2 unspecified atom stereocenters. The largest absolute Gasteiger partial charge is 1.00 e. The average molecular weight is 609 g/mol. The second-order valence-electron chi connectivity index (χ2n) is 9.52. The van der Waals surface area contributed by atoms with Gasteiger partial charge in [0.15, 0.2) is 0 Å². The molecule has 0 fully saturated rings. The molecule has 2 aromatic carbocycles. The van der Waals surface area contributed by atoms with Crippen molar-refractivity contribution in [3.63, 3.8) is 0 Å². The fourth-order valence-electron chi connectivity index (χ4n) is 5.43. The van der Waals surface area contributed by atoms with Gasteiger partial charge in [-0.25, -0.2) is 0 Å². The van der Waals surface area contributed by atoms with E-state index in [4.69, 9.17) is 8.83 Å². The number of benzene rings is 2. The molecule has 0 N–H and O–H groups in total. The van der Waals surface area contributed by atoms with Crippen LogP contribution in [0.2, 0.25) is 0 Å². The summed E-state index contributed by atoms with van der Waals surface area (Å²) >= 11 is -1.07. The van der Waals surface area contributed by atoms with E-state index in [1.165, 1.54) is 33.4 Å². The Bertz CT molecular complexity index is 1320. The van der Waals surface area contributed by atoms with Crippen molar-refractivity contribution in [1.82, 2.24) is 0 Å². The van der Waals surface area contributed by atoms with Crippen molar-refractivity contribution in [2.24, 2.45) is 0 Å². The van der Waals surface area contributed by atoms with E-state index in [2.05, 4.69) is 98.8 Å². The van der Waals surface area contributed by atoms with Gasteiger partial charge in [0.05, 0.1) is 0 Å². The van der Waals surface area contributed by atoms with E-state index in [0.29, 0.717) is 7.25 Å². The van der Waals surface area contributed by atoms with Crippen LogP contribution in [0.1, 0.15) is 79.2 Å². The Hall–Kier alpha value is -2.06. The summed E-state index contributed by atoms with van der Waals surface area (Å²) in [6.45, 7) is 4.41. The third-order valence-electron chi connectivity index (χ3n) is 7.08. The molecule has 2 heterocycles. The van der Waals surface area contributed by atoms with Crippen LogP contribution in [0, 0.1) is 0 Å². The van der Waals surface area contributed by atoms with Crippen LogP contribution in [-0.4, -0.2) is 0 Å². The van der Waals surface area contributed by atoms with Gasteiger partial charge in [-0.15, -0.1) is 0 Å². The number of hydrogen-bond acceptors (Lipinski definition) is 2. The van der Waals surface area contributed by atoms with Gasteiger partial charge in [-0.3, -0.25) is 0 Å². The predicted molar refractivity (Wildman–Crippen MR) is 140 cm³/mol. The van der Waals surface area contributed by atoms with Gasteiger partial charge in [0.2, 0.25) is 0 Å². The molecule has 4 aromatic rings. The molecule has 0 saturated heterocycles. The first kappa shape index (κ1) is 28.0. The van der Waals surface area contributed by atoms with Crippen LogP contribution in [0.3, 0.4) is 0 Å². The Morgan fingerprint density at radius 3 is 1.46 bits per heavy atom. The number of furan rings is 2. The van der Waals surface area contributed by atoms with Crippen LogP contribution in [0.5, 0.6) is 0 Å². The monoisotopic (exact) mass is 606 g/mol. The summed E-state index contributed by atoms with van der Waals surface area (Å²) in [6.07, 6.45) is 8.95. The minimum Gasteiger partial charge on any atom is -1.00 e. The van der Waals surface area contributed by atoms with E-state index < -0.39 is 23.2 Å². The molecular weight excluding hydrogens is 578 g/mol. The molecule has 2 aliphatic carbocycles. The quantitative estimate of drug-likeness (QED) is 0.308. The summed E-state index contributed by atoms with van der Waals surface area (Å²) in [5, 5.41) is 0. The molecule has 2 nitrogen and oxygen atoms in total. The van der Waals surface area contributed by atoms with E-state index >= 15 is 0 Å². The second-order valence-corrected chi connectivity index (χ2v) is 13.2. The van der Waals surface area contributed by atoms with Crippen molar-refractivity contribution < 1.29 is 56.9 Å². The number of hydrogen-bond donors (Lipinski definition) is 0. The fourth-order valence-corrected chi connectivity index (χ4v) is 10.4. The minimum absolute atomic E-state index is 0. The van der Waals surface area contributed by atoms with Crippen molar-refractivity contribution in [3.8, 4) is 0 Å². The van der Waals surface area contributed by atoms with E-state index in [1.807, 2.05) is 0 Å². The van der Waals surface area contributed by atoms with Gasteiger partial charge in [0.1, 0.15) is 0 Å². The molecule has 0 radical (unpaired) electrons. The molecule has 2 aliphatic rings. The zero-order valence-electron chi connectivity index (χ0n) is 21.1. The predicted octanol–water partition coefficient (Wildman–Crippen LogP) is 2.76. The zero-order chi connectivity index (χ0) is 23.8. The van der Waals surface area contributed by atoms with E-state index in [1.54, 1.807) is 0 Å². The van der Waals surface area contributed by atoms with Crippen molar-refractivity contribution in [2.75, 3.05) is 0 Å². The van der Waals surface area contributed by atoms with E-state index in [-0.39, 0.29) is 24.8 Å². The zero-order valence-corrected chi connectivity index (χ0v) is 25.1. The smallest absolute Gasteiger partial charge is 1.00 e. The molecular formula is C32H30Cl2O2Zr. The topological polar surface area (TPSA) is 26.3 Å². The van der Waals surface area contributed by atoms with Crippen molar-refractivity contribution in [2.45, 2.75) is 46.8 Å². The molecule has 2 aromatic heterocycles. The molecule has 188 valence electrons. The third kappa shape index (κ3) is 5.42. The number of allylic oxidation sites excluding steroid dienone is 2. The average Bonchev–Trinajstić information content (AvgIpc) is 3.66. The molecule has 0 bridgehead atoms. The molecule has 0 saturated carbocycles. The van der Waals surface area contributed by atoms with Crippen molar-refractivity contribution in [1.29, 1.82) is 0 Å². The minimum atomic E-state index is -1.07. The first-order valence-corrected chi connectivity index (χ1v) is 15.6. The van der Waals surface area contributed by atoms with Gasteiger partial charge in [-0.05, 0) is 0 Å². The summed E-state index contributed by atoms with van der Waals surface area (Å²) in [5.41, 5.74) is 8.38. The number of fused-ring (bicyclic) bond motifs is 2. The molecule has 6 rings (SSSR count). The molecule has 0 spiro atoms. The standard InChI is InChI=1S/2C16H15O.2ClH.Zr/c2*1-2-5-15-8-9-16(17-15)14-10-12-6-3-4-7-13(12)11-14;;;/h2*3-4,6-11H,2,5H2,1H3;2*1H;/q;;;;+2/p-2. The Morgan fingerprint density at radius 2 is 1.03 bits per heavy atom. The molecule has 2 atom stereocenters. The van der Waals surface area contributed by atoms with Crippen molar-refractivity contribution >= 4 is 23.3 Å². The Kier molecular flexibility index (Phi) is 9.22. The van der Waals surface area contributed by atoms with Gasteiger partial charge in [0.25, 0.3) is 0 Å². The van der Waals surface area contributed by atoms with Gasteiger partial charge in [-0.1, -0.05) is 0 Å². The van der Waals surface area contributed by atoms with Crippen LogP contribution in [-0.2, 0) is 36.1 Å². The van der Waals surface area contributed by atoms with E-state index in [9.17, 15) is 0 Å². The fraction of sp³-hybridized carbons (Fsp3) is 0.250. The van der Waals surface area contributed by atoms with Crippen LogP contribution < -0.4 is 24.8 Å². The molecule has 0 amide bonds. The van der Waals surface area contributed by atoms with Gasteiger partial charge in [-0.2, -0.15) is 0 Å². The maximum atomic E-state index is 6.37. The Balaban J connectivity index is 0.00000160. The normalized spacial score (nSPS) is 17.1. The number of aryl methyl sites for hydroxylation is 2. The van der Waals surface area contributed by atoms with Crippen LogP contribution in [0.4, 0.5) is 0 Å². The van der Waals surface area contributed by atoms with Gasteiger partial charge < -0.3 is 24.8 Å². The maximum absolute atomic E-state index is 6.37. The van der Waals surface area contributed by atoms with E-state index in [0.717, 1.165) is 48.7 Å².